The minimum Gasteiger partial charge on any atom is -0.443 e. The Balaban J connectivity index is 1.47. The highest BCUT2D eigenvalue weighted by atomic mass is 32.1. The number of rotatable bonds is 7. The lowest BCUT2D eigenvalue weighted by Gasteiger charge is -2.43. The van der Waals surface area contributed by atoms with Crippen molar-refractivity contribution in [2.75, 3.05) is 26.9 Å². The van der Waals surface area contributed by atoms with Crippen molar-refractivity contribution in [2.45, 2.75) is 88.4 Å². The van der Waals surface area contributed by atoms with Gasteiger partial charge in [-0.3, -0.25) is 0 Å². The van der Waals surface area contributed by atoms with E-state index in [1.54, 1.807) is 12.0 Å². The van der Waals surface area contributed by atoms with E-state index in [9.17, 15) is 4.79 Å². The van der Waals surface area contributed by atoms with Gasteiger partial charge in [0.15, 0.2) is 0 Å². The Labute approximate surface area is 185 Å². The molecule has 7 atom stereocenters. The first-order valence-corrected chi connectivity index (χ1v) is 11.4. The van der Waals surface area contributed by atoms with Crippen LogP contribution in [0, 0.1) is 5.92 Å². The monoisotopic (exact) mass is 441 g/mol. The van der Waals surface area contributed by atoms with Gasteiger partial charge >= 0.3 is 6.09 Å². The normalized spacial score (nSPS) is 42.3. The smallest absolute Gasteiger partial charge is 0.410 e. The minimum absolute atomic E-state index is 0.0197. The molecule has 0 aromatic carbocycles. The largest absolute Gasteiger partial charge is 0.443 e. The van der Waals surface area contributed by atoms with E-state index in [0.29, 0.717) is 13.2 Å². The van der Waals surface area contributed by atoms with E-state index >= 15 is 0 Å². The topological polar surface area (TPSA) is 73.1 Å². The number of methoxy groups -OCH3 is 1. The molecule has 0 N–H and O–H groups in total. The zero-order chi connectivity index (χ0) is 21.5. The zero-order valence-electron chi connectivity index (χ0n) is 18.5. The van der Waals surface area contributed by atoms with Gasteiger partial charge in [0.1, 0.15) is 23.4 Å². The van der Waals surface area contributed by atoms with Gasteiger partial charge in [0, 0.05) is 13.7 Å². The van der Waals surface area contributed by atoms with Crippen LogP contribution in [0.3, 0.4) is 0 Å². The van der Waals surface area contributed by atoms with Gasteiger partial charge in [0.25, 0.3) is 0 Å². The van der Waals surface area contributed by atoms with Gasteiger partial charge in [-0.1, -0.05) is 11.6 Å². The van der Waals surface area contributed by atoms with Crippen LogP contribution >= 0.6 is 12.9 Å². The third kappa shape index (κ3) is 4.13. The third-order valence-electron chi connectivity index (χ3n) is 7.37. The number of thiol groups is 1. The summed E-state index contributed by atoms with van der Waals surface area (Å²) in [4.78, 5) is 14.7. The van der Waals surface area contributed by atoms with Crippen LogP contribution in [0.1, 0.15) is 52.9 Å². The lowest BCUT2D eigenvalue weighted by Crippen LogP contribution is -2.56. The molecule has 0 bridgehead atoms. The molecular weight excluding hydrogens is 406 g/mol. The van der Waals surface area contributed by atoms with Gasteiger partial charge in [-0.05, 0) is 65.8 Å². The van der Waals surface area contributed by atoms with Crippen molar-refractivity contribution in [2.24, 2.45) is 5.92 Å². The number of nitrogens with zero attached hydrogens (tertiary/aromatic N) is 1. The highest BCUT2D eigenvalue weighted by molar-refractivity contribution is 7.75. The molecule has 7 nitrogen and oxygen atoms in total. The number of hydrogen-bond donors (Lipinski definition) is 1. The number of carbonyl (C=O) groups excluding carboxylic acids is 1. The molecule has 8 heteroatoms. The van der Waals surface area contributed by atoms with Crippen molar-refractivity contribution in [3.05, 3.63) is 11.6 Å². The van der Waals surface area contributed by atoms with Gasteiger partial charge in [-0.15, -0.1) is 0 Å². The van der Waals surface area contributed by atoms with Crippen LogP contribution < -0.4 is 0 Å². The number of likely N-dealkylation sites (tertiary alicyclic amines) is 1. The predicted octanol–water partition coefficient (Wildman–Crippen LogP) is 3.53. The Morgan fingerprint density at radius 2 is 2.10 bits per heavy atom. The number of ether oxygens (including phenoxy) is 4. The summed E-state index contributed by atoms with van der Waals surface area (Å²) in [5.41, 5.74) is 0.743. The molecule has 0 aromatic rings. The Kier molecular flexibility index (Phi) is 6.43. The standard InChI is InChI=1S/C22H35NO6S/c1-14(2)7-8-17-21(3,29-17)19-18(25-4)16(9-10-22(19)13-26-22)28-20(24)23-11-5-6-15(23)12-27-30/h7,15-19,30H,5-6,8-13H2,1-4H3/t15-,16?,17+,18?,19?,21-,22-/m0/s1. The summed E-state index contributed by atoms with van der Waals surface area (Å²) in [7, 11) is 1.70. The summed E-state index contributed by atoms with van der Waals surface area (Å²) in [5.74, 6) is 0.0345. The first kappa shape index (κ1) is 22.4. The van der Waals surface area contributed by atoms with E-state index in [1.807, 2.05) is 0 Å². The molecule has 0 aromatic heterocycles. The summed E-state index contributed by atoms with van der Waals surface area (Å²) in [6.45, 7) is 8.18. The van der Waals surface area contributed by atoms with Crippen molar-refractivity contribution in [3.8, 4) is 0 Å². The zero-order valence-corrected chi connectivity index (χ0v) is 19.4. The lowest BCUT2D eigenvalue weighted by molar-refractivity contribution is -0.122. The molecule has 4 fully saturated rings. The third-order valence-corrected chi connectivity index (χ3v) is 7.52. The molecule has 4 rings (SSSR count). The molecule has 30 heavy (non-hydrogen) atoms. The van der Waals surface area contributed by atoms with Crippen LogP contribution in [-0.2, 0) is 23.1 Å². The first-order valence-electron chi connectivity index (χ1n) is 11.1. The molecular formula is C22H35NO6S. The second-order valence-corrected chi connectivity index (χ2v) is 9.84. The molecule has 3 unspecified atom stereocenters. The van der Waals surface area contributed by atoms with Gasteiger partial charge in [0.2, 0.25) is 0 Å². The van der Waals surface area contributed by atoms with E-state index in [4.69, 9.17) is 23.1 Å². The summed E-state index contributed by atoms with van der Waals surface area (Å²) >= 11 is 3.85. The number of epoxide rings is 2. The Hall–Kier alpha value is -0.800. The molecule has 3 aliphatic heterocycles. The summed E-state index contributed by atoms with van der Waals surface area (Å²) < 4.78 is 29.2. The van der Waals surface area contributed by atoms with Crippen molar-refractivity contribution < 1.29 is 27.9 Å². The highest BCUT2D eigenvalue weighted by Crippen LogP contribution is 2.59. The van der Waals surface area contributed by atoms with Crippen LogP contribution in [0.5, 0.6) is 0 Å². The minimum atomic E-state index is -0.329. The number of hydrogen-bond acceptors (Lipinski definition) is 7. The molecule has 4 aliphatic rings. The average Bonchev–Trinajstić information content (AvgIpc) is 3.56. The maximum atomic E-state index is 12.9. The van der Waals surface area contributed by atoms with E-state index in [0.717, 1.165) is 38.7 Å². The summed E-state index contributed by atoms with van der Waals surface area (Å²) in [6.07, 6.45) is 5.83. The van der Waals surface area contributed by atoms with Gasteiger partial charge in [0.05, 0.1) is 31.3 Å². The predicted molar refractivity (Wildman–Crippen MR) is 114 cm³/mol. The average molecular weight is 442 g/mol. The van der Waals surface area contributed by atoms with Gasteiger partial charge < -0.3 is 28.0 Å². The maximum Gasteiger partial charge on any atom is 0.410 e. The van der Waals surface area contributed by atoms with Crippen molar-refractivity contribution in [1.82, 2.24) is 4.90 Å². The molecule has 1 aliphatic carbocycles. The SMILES string of the molecule is COC1C(OC(=O)N2CCC[C@H]2COS)CC[C@]2(CO2)C1[C@@]1(C)O[C@@H]1CC=C(C)C. The molecule has 1 saturated carbocycles. The van der Waals surface area contributed by atoms with Crippen LogP contribution in [0.4, 0.5) is 4.79 Å². The fourth-order valence-corrected chi connectivity index (χ4v) is 5.77. The van der Waals surface area contributed by atoms with Crippen LogP contribution in [0.2, 0.25) is 0 Å². The van der Waals surface area contributed by atoms with Gasteiger partial charge in [-0.25, -0.2) is 4.79 Å². The molecule has 3 saturated heterocycles. The fourth-order valence-electron chi connectivity index (χ4n) is 5.60. The van der Waals surface area contributed by atoms with E-state index < -0.39 is 0 Å². The van der Waals surface area contributed by atoms with Crippen molar-refractivity contribution in [1.29, 1.82) is 0 Å². The number of carbonyl (C=O) groups is 1. The van der Waals surface area contributed by atoms with Crippen LogP contribution in [-0.4, -0.2) is 73.4 Å². The quantitative estimate of drug-likeness (QED) is 0.282. The Bertz CT molecular complexity index is 679. The maximum absolute atomic E-state index is 12.9. The molecule has 170 valence electrons. The molecule has 3 heterocycles. The number of allylic oxidation sites excluding steroid dienone is 1. The van der Waals surface area contributed by atoms with Crippen molar-refractivity contribution >= 4 is 19.0 Å². The summed E-state index contributed by atoms with van der Waals surface area (Å²) in [6, 6.07) is 0.0197. The highest BCUT2D eigenvalue weighted by Gasteiger charge is 2.72. The second-order valence-electron chi connectivity index (χ2n) is 9.59. The van der Waals surface area contributed by atoms with E-state index in [2.05, 4.69) is 39.8 Å². The van der Waals surface area contributed by atoms with Gasteiger partial charge in [-0.2, -0.15) is 0 Å². The fraction of sp³-hybridized carbons (Fsp3) is 0.864. The first-order chi connectivity index (χ1) is 14.3. The lowest BCUT2D eigenvalue weighted by atomic mass is 9.68. The Morgan fingerprint density at radius 3 is 2.73 bits per heavy atom. The van der Waals surface area contributed by atoms with E-state index in [-0.39, 0.29) is 47.6 Å². The van der Waals surface area contributed by atoms with Crippen molar-refractivity contribution in [3.63, 3.8) is 0 Å². The summed E-state index contributed by atoms with van der Waals surface area (Å²) in [5, 5.41) is 0. The van der Waals surface area contributed by atoms with E-state index in [1.165, 1.54) is 5.57 Å². The second kappa shape index (κ2) is 8.62. The molecule has 0 radical (unpaired) electrons. The molecule has 1 spiro atoms. The molecule has 1 amide bonds. The number of amides is 1. The van der Waals surface area contributed by atoms with Crippen LogP contribution in [0.25, 0.3) is 0 Å². The Morgan fingerprint density at radius 1 is 1.33 bits per heavy atom. The van der Waals surface area contributed by atoms with Crippen LogP contribution in [0.15, 0.2) is 11.6 Å².